The molecule has 0 radical (unpaired) electrons. The molecule has 0 aliphatic heterocycles. The second-order valence-electron chi connectivity index (χ2n) is 9.29. The molecule has 6 rings (SSSR count). The number of pyridine rings is 1. The molecule has 0 spiro atoms. The summed E-state index contributed by atoms with van der Waals surface area (Å²) in [5, 5.41) is 23.7. The molecule has 0 unspecified atom stereocenters. The third-order valence-electron chi connectivity index (χ3n) is 7.69. The van der Waals surface area contributed by atoms with Crippen LogP contribution in [0.5, 0.6) is 5.75 Å². The Kier molecular flexibility index (Phi) is 4.30. The normalized spacial score (nSPS) is 28.3. The van der Waals surface area contributed by atoms with E-state index in [1.54, 1.807) is 7.11 Å². The van der Waals surface area contributed by atoms with Crippen LogP contribution in [0.1, 0.15) is 24.4 Å². The number of benzene rings is 1. The molecule has 2 aliphatic rings. The number of fused-ring (bicyclic) bond motifs is 3. The molecule has 9 heteroatoms. The Balaban J connectivity index is 1.25. The molecule has 4 aromatic rings. The minimum atomic E-state index is -0.860. The van der Waals surface area contributed by atoms with Gasteiger partial charge >= 0.3 is 0 Å². The van der Waals surface area contributed by atoms with Crippen LogP contribution in [-0.2, 0) is 6.42 Å². The van der Waals surface area contributed by atoms with Crippen molar-refractivity contribution < 1.29 is 14.9 Å². The lowest BCUT2D eigenvalue weighted by atomic mass is 9.91. The van der Waals surface area contributed by atoms with Gasteiger partial charge in [0.2, 0.25) is 0 Å². The fraction of sp³-hybridized carbons (Fsp3) is 0.375. The monoisotopic (exact) mass is 446 g/mol. The summed E-state index contributed by atoms with van der Waals surface area (Å²) in [6.45, 7) is 0. The molecule has 9 nitrogen and oxygen atoms in total. The highest BCUT2D eigenvalue weighted by atomic mass is 16.5. The molecule has 0 saturated heterocycles. The Morgan fingerprint density at radius 3 is 2.82 bits per heavy atom. The van der Waals surface area contributed by atoms with Crippen molar-refractivity contribution in [3.05, 3.63) is 48.4 Å². The maximum Gasteiger partial charge on any atom is 0.166 e. The Labute approximate surface area is 190 Å². The van der Waals surface area contributed by atoms with Gasteiger partial charge in [0.15, 0.2) is 11.6 Å². The van der Waals surface area contributed by atoms with Crippen LogP contribution in [0.3, 0.4) is 0 Å². The third-order valence-corrected chi connectivity index (χ3v) is 7.69. The zero-order valence-corrected chi connectivity index (χ0v) is 18.2. The van der Waals surface area contributed by atoms with Crippen molar-refractivity contribution in [3.63, 3.8) is 0 Å². The summed E-state index contributed by atoms with van der Waals surface area (Å²) in [6, 6.07) is 9.64. The zero-order valence-electron chi connectivity index (χ0n) is 18.2. The van der Waals surface area contributed by atoms with Gasteiger partial charge in [0, 0.05) is 17.0 Å². The van der Waals surface area contributed by atoms with Crippen LogP contribution in [0.2, 0.25) is 0 Å². The van der Waals surface area contributed by atoms with E-state index in [2.05, 4.69) is 21.0 Å². The van der Waals surface area contributed by atoms with E-state index in [-0.39, 0.29) is 17.4 Å². The fourth-order valence-electron chi connectivity index (χ4n) is 5.85. The van der Waals surface area contributed by atoms with Gasteiger partial charge in [-0.1, -0.05) is 12.1 Å². The summed E-state index contributed by atoms with van der Waals surface area (Å²) in [5.74, 6) is 1.52. The summed E-state index contributed by atoms with van der Waals surface area (Å²) in [6.07, 6.45) is 4.09. The number of hydrogen-bond acceptors (Lipinski definition) is 8. The summed E-state index contributed by atoms with van der Waals surface area (Å²) in [7, 11) is 1.58. The number of aromatic nitrogens is 4. The van der Waals surface area contributed by atoms with Crippen LogP contribution < -0.4 is 16.2 Å². The molecule has 2 saturated carbocycles. The lowest BCUT2D eigenvalue weighted by Gasteiger charge is -2.24. The number of hydrogen-bond donors (Lipinski definition) is 4. The number of nitrogens with two attached hydrogens (primary N) is 2. The predicted octanol–water partition coefficient (Wildman–Crippen LogP) is 2.07. The molecule has 0 amide bonds. The van der Waals surface area contributed by atoms with Crippen molar-refractivity contribution in [3.8, 4) is 5.75 Å². The number of aryl methyl sites for hydroxylation is 1. The van der Waals surface area contributed by atoms with Gasteiger partial charge in [-0.15, -0.1) is 0 Å². The van der Waals surface area contributed by atoms with Crippen molar-refractivity contribution in [2.24, 2.45) is 11.3 Å². The molecule has 2 aliphatic carbocycles. The van der Waals surface area contributed by atoms with E-state index in [9.17, 15) is 10.2 Å². The number of aliphatic hydroxyl groups excluding tert-OH is 2. The number of rotatable bonds is 5. The standard InChI is InChI=1S/C24H26N6O3/c1-33-17-9-13-3-2-12(8-16(13)29-22(17)26)4-6-24-10-15(24)18(19(31)20(24)32)30-7-5-14-21(25)27-11-28-23(14)30/h2-3,5,7-9,11,15,18-20,31-32H,4,6,10H2,1H3,(H2,26,29)(H2,25,27,28)/t15-,18-,19+,20+,24-/m1/s1. The third kappa shape index (κ3) is 2.89. The van der Waals surface area contributed by atoms with E-state index in [1.807, 2.05) is 35.0 Å². The highest BCUT2D eigenvalue weighted by Gasteiger charge is 2.70. The van der Waals surface area contributed by atoms with E-state index in [0.717, 1.165) is 41.1 Å². The summed E-state index contributed by atoms with van der Waals surface area (Å²) in [4.78, 5) is 12.9. The van der Waals surface area contributed by atoms with Gasteiger partial charge in [-0.05, 0) is 48.9 Å². The quantitative estimate of drug-likeness (QED) is 0.364. The van der Waals surface area contributed by atoms with Gasteiger partial charge in [0.05, 0.1) is 30.2 Å². The van der Waals surface area contributed by atoms with Crippen molar-refractivity contribution >= 4 is 33.6 Å². The van der Waals surface area contributed by atoms with Crippen molar-refractivity contribution in [2.45, 2.75) is 37.5 Å². The Morgan fingerprint density at radius 2 is 2.00 bits per heavy atom. The van der Waals surface area contributed by atoms with Gasteiger partial charge in [0.1, 0.15) is 23.9 Å². The minimum Gasteiger partial charge on any atom is -0.493 e. The molecule has 0 bridgehead atoms. The Bertz CT molecular complexity index is 1390. The average Bonchev–Trinajstić information content (AvgIpc) is 3.30. The average molecular weight is 447 g/mol. The number of aliphatic hydroxyl groups is 2. The SMILES string of the molecule is COc1cc2ccc(CC[C@@]34C[C@@H]3[C@@H](n3ccc5c(N)ncnc53)[C@H](O)[C@@H]4O)cc2nc1N. The molecular weight excluding hydrogens is 420 g/mol. The summed E-state index contributed by atoms with van der Waals surface area (Å²) >= 11 is 0. The van der Waals surface area contributed by atoms with Crippen LogP contribution in [-0.4, -0.2) is 49.0 Å². The number of methoxy groups -OCH3 is 1. The first-order valence-corrected chi connectivity index (χ1v) is 11.1. The first-order chi connectivity index (χ1) is 15.9. The molecule has 3 aromatic heterocycles. The smallest absolute Gasteiger partial charge is 0.166 e. The van der Waals surface area contributed by atoms with Gasteiger partial charge in [-0.2, -0.15) is 0 Å². The van der Waals surface area contributed by atoms with E-state index >= 15 is 0 Å². The van der Waals surface area contributed by atoms with Crippen molar-refractivity contribution in [1.82, 2.24) is 19.5 Å². The minimum absolute atomic E-state index is 0.174. The summed E-state index contributed by atoms with van der Waals surface area (Å²) in [5.41, 5.74) is 14.3. The van der Waals surface area contributed by atoms with Crippen LogP contribution >= 0.6 is 0 Å². The van der Waals surface area contributed by atoms with Crippen LogP contribution in [0.4, 0.5) is 11.6 Å². The second kappa shape index (κ2) is 7.03. The first-order valence-electron chi connectivity index (χ1n) is 11.1. The molecule has 1 aromatic carbocycles. The van der Waals surface area contributed by atoms with E-state index in [0.29, 0.717) is 23.0 Å². The van der Waals surface area contributed by atoms with E-state index in [4.69, 9.17) is 16.2 Å². The lowest BCUT2D eigenvalue weighted by molar-refractivity contribution is -0.0191. The first kappa shape index (κ1) is 20.2. The summed E-state index contributed by atoms with van der Waals surface area (Å²) < 4.78 is 7.21. The van der Waals surface area contributed by atoms with Crippen LogP contribution in [0.15, 0.2) is 42.9 Å². The van der Waals surface area contributed by atoms with Crippen molar-refractivity contribution in [2.75, 3.05) is 18.6 Å². The number of nitrogen functional groups attached to an aromatic ring is 2. The number of anilines is 2. The molecule has 6 N–H and O–H groups in total. The molecule has 5 atom stereocenters. The maximum absolute atomic E-state index is 11.0. The lowest BCUT2D eigenvalue weighted by Crippen LogP contribution is -2.34. The molecule has 170 valence electrons. The fourth-order valence-corrected chi connectivity index (χ4v) is 5.85. The zero-order chi connectivity index (χ0) is 22.9. The molecule has 33 heavy (non-hydrogen) atoms. The van der Waals surface area contributed by atoms with E-state index in [1.165, 1.54) is 6.33 Å². The second-order valence-corrected chi connectivity index (χ2v) is 9.29. The highest BCUT2D eigenvalue weighted by molar-refractivity contribution is 5.86. The van der Waals surface area contributed by atoms with E-state index < -0.39 is 12.2 Å². The van der Waals surface area contributed by atoms with Crippen LogP contribution in [0.25, 0.3) is 21.9 Å². The van der Waals surface area contributed by atoms with Crippen LogP contribution in [0, 0.1) is 11.3 Å². The molecular formula is C24H26N6O3. The molecule has 2 fully saturated rings. The van der Waals surface area contributed by atoms with Gasteiger partial charge in [-0.25, -0.2) is 15.0 Å². The van der Waals surface area contributed by atoms with Crippen molar-refractivity contribution in [1.29, 1.82) is 0 Å². The number of ether oxygens (including phenoxy) is 1. The van der Waals surface area contributed by atoms with Gasteiger partial charge in [0.25, 0.3) is 0 Å². The predicted molar refractivity (Wildman–Crippen MR) is 125 cm³/mol. The Morgan fingerprint density at radius 1 is 1.15 bits per heavy atom. The maximum atomic E-state index is 11.0. The Hall–Kier alpha value is -3.43. The largest absolute Gasteiger partial charge is 0.493 e. The van der Waals surface area contributed by atoms with Gasteiger partial charge < -0.3 is 31.0 Å². The van der Waals surface area contributed by atoms with Gasteiger partial charge in [-0.3, -0.25) is 0 Å². The number of nitrogens with zero attached hydrogens (tertiary/aromatic N) is 4. The highest BCUT2D eigenvalue weighted by Crippen LogP contribution is 2.69. The topological polar surface area (TPSA) is 145 Å². The molecule has 3 heterocycles.